The maximum Gasteiger partial charge on any atom is 0.342 e. The number of aliphatic carboxylic acids is 1. The summed E-state index contributed by atoms with van der Waals surface area (Å²) in [5.74, 6) is -2.19. The Morgan fingerprint density at radius 1 is 1.56 bits per heavy atom. The van der Waals surface area contributed by atoms with Gasteiger partial charge in [-0.1, -0.05) is 0 Å². The largest absolute Gasteiger partial charge is 0.550 e. The minimum absolute atomic E-state index is 0.0181. The molecule has 1 heterocycles. The van der Waals surface area contributed by atoms with E-state index in [1.54, 1.807) is 6.92 Å². The summed E-state index contributed by atoms with van der Waals surface area (Å²) < 4.78 is 9.93. The number of carboxylic acid groups (broad SMARTS) is 1. The molecule has 0 aliphatic carbocycles. The van der Waals surface area contributed by atoms with Gasteiger partial charge in [-0.25, -0.2) is 4.79 Å². The third-order valence-electron chi connectivity index (χ3n) is 2.97. The van der Waals surface area contributed by atoms with Crippen LogP contribution in [0, 0.1) is 6.92 Å². The van der Waals surface area contributed by atoms with Crippen LogP contribution in [0.25, 0.3) is 0 Å². The molecule has 0 radical (unpaired) electrons. The zero-order chi connectivity index (χ0) is 13.4. The van der Waals surface area contributed by atoms with Gasteiger partial charge in [-0.15, -0.1) is 0 Å². The van der Waals surface area contributed by atoms with Crippen molar-refractivity contribution in [2.45, 2.75) is 20.0 Å². The molecule has 0 amide bonds. The second kappa shape index (κ2) is 4.21. The van der Waals surface area contributed by atoms with Crippen molar-refractivity contribution in [1.29, 1.82) is 0 Å². The lowest BCUT2D eigenvalue weighted by Crippen LogP contribution is -2.25. The molecule has 0 aromatic heterocycles. The number of aromatic hydroxyl groups is 1. The predicted octanol–water partition coefficient (Wildman–Crippen LogP) is -0.328. The van der Waals surface area contributed by atoms with Gasteiger partial charge in [0.05, 0.1) is 7.11 Å². The highest BCUT2D eigenvalue weighted by Crippen LogP contribution is 2.41. The molecule has 1 aliphatic rings. The molecule has 6 nitrogen and oxygen atoms in total. The zero-order valence-electron chi connectivity index (χ0n) is 9.90. The standard InChI is InChI=1S/C12H12O6/c1-5-7-4-18-12(16)9(7)10(15)6(3-8(13)14)11(5)17-2/h15H,3-4H2,1-2H3,(H,13,14)/p-1. The maximum atomic E-state index is 11.5. The SMILES string of the molecule is COc1c(C)c2c(c(O)c1CC(=O)[O-])C(=O)OC2. The molecule has 1 aromatic rings. The number of phenols is 1. The topological polar surface area (TPSA) is 95.9 Å². The van der Waals surface area contributed by atoms with Crippen LogP contribution in [-0.4, -0.2) is 24.2 Å². The number of carbonyl (C=O) groups excluding carboxylic acids is 2. The highest BCUT2D eigenvalue weighted by atomic mass is 16.5. The molecule has 2 rings (SSSR count). The summed E-state index contributed by atoms with van der Waals surface area (Å²) in [6.07, 6.45) is -0.531. The lowest BCUT2D eigenvalue weighted by molar-refractivity contribution is -0.304. The number of benzene rings is 1. The second-order valence-corrected chi connectivity index (χ2v) is 3.96. The van der Waals surface area contributed by atoms with E-state index < -0.39 is 24.1 Å². The summed E-state index contributed by atoms with van der Waals surface area (Å²) >= 11 is 0. The number of carbonyl (C=O) groups is 2. The Morgan fingerprint density at radius 2 is 2.22 bits per heavy atom. The number of ether oxygens (including phenoxy) is 2. The second-order valence-electron chi connectivity index (χ2n) is 3.96. The summed E-state index contributed by atoms with van der Waals surface area (Å²) in [4.78, 5) is 22.2. The number of methoxy groups -OCH3 is 1. The quantitative estimate of drug-likeness (QED) is 0.739. The fourth-order valence-corrected chi connectivity index (χ4v) is 2.15. The van der Waals surface area contributed by atoms with Crippen LogP contribution < -0.4 is 9.84 Å². The van der Waals surface area contributed by atoms with Crippen molar-refractivity contribution in [3.63, 3.8) is 0 Å². The molecule has 0 unspecified atom stereocenters. The number of cyclic esters (lactones) is 1. The molecule has 0 bridgehead atoms. The zero-order valence-corrected chi connectivity index (χ0v) is 9.90. The predicted molar refractivity (Wildman–Crippen MR) is 57.2 cm³/mol. The van der Waals surface area contributed by atoms with E-state index in [0.29, 0.717) is 11.1 Å². The van der Waals surface area contributed by atoms with Crippen LogP contribution in [0.2, 0.25) is 0 Å². The number of phenolic OH excluding ortho intramolecular Hbond substituents is 1. The Kier molecular flexibility index (Phi) is 2.86. The molecule has 0 spiro atoms. The van der Waals surface area contributed by atoms with Crippen LogP contribution in [0.3, 0.4) is 0 Å². The fraction of sp³-hybridized carbons (Fsp3) is 0.333. The van der Waals surface area contributed by atoms with Crippen molar-refractivity contribution in [1.82, 2.24) is 0 Å². The summed E-state index contributed by atoms with van der Waals surface area (Å²) in [6, 6.07) is 0. The Balaban J connectivity index is 2.72. The fourth-order valence-electron chi connectivity index (χ4n) is 2.15. The van der Waals surface area contributed by atoms with Gasteiger partial charge < -0.3 is 24.5 Å². The van der Waals surface area contributed by atoms with E-state index in [1.807, 2.05) is 0 Å². The molecule has 6 heteroatoms. The third-order valence-corrected chi connectivity index (χ3v) is 2.97. The number of carboxylic acids is 1. The van der Waals surface area contributed by atoms with E-state index >= 15 is 0 Å². The summed E-state index contributed by atoms with van der Waals surface area (Å²) in [5, 5.41) is 20.7. The Bertz CT molecular complexity index is 546. The van der Waals surface area contributed by atoms with E-state index in [-0.39, 0.29) is 23.5 Å². The summed E-state index contributed by atoms with van der Waals surface area (Å²) in [5.41, 5.74) is 1.17. The van der Waals surface area contributed by atoms with Crippen LogP contribution in [0.1, 0.15) is 27.0 Å². The van der Waals surface area contributed by atoms with Crippen LogP contribution in [0.5, 0.6) is 11.5 Å². The first kappa shape index (κ1) is 12.2. The molecule has 1 aromatic carbocycles. The lowest BCUT2D eigenvalue weighted by Gasteiger charge is -2.16. The molecule has 1 N–H and O–H groups in total. The number of esters is 1. The van der Waals surface area contributed by atoms with Gasteiger partial charge in [0.15, 0.2) is 0 Å². The van der Waals surface area contributed by atoms with Gasteiger partial charge in [-0.05, 0) is 12.5 Å². The van der Waals surface area contributed by atoms with Gasteiger partial charge in [0.25, 0.3) is 0 Å². The van der Waals surface area contributed by atoms with Crippen LogP contribution in [-0.2, 0) is 22.6 Å². The highest BCUT2D eigenvalue weighted by Gasteiger charge is 2.32. The van der Waals surface area contributed by atoms with E-state index in [2.05, 4.69) is 0 Å². The normalized spacial score (nSPS) is 13.1. The first-order valence-corrected chi connectivity index (χ1v) is 5.25. The molecule has 0 atom stereocenters. The van der Waals surface area contributed by atoms with Crippen molar-refractivity contribution in [2.75, 3.05) is 7.11 Å². The smallest absolute Gasteiger partial charge is 0.342 e. The van der Waals surface area contributed by atoms with E-state index in [1.165, 1.54) is 7.11 Å². The summed E-state index contributed by atoms with van der Waals surface area (Å²) in [7, 11) is 1.37. The third kappa shape index (κ3) is 1.66. The van der Waals surface area contributed by atoms with Crippen molar-refractivity contribution >= 4 is 11.9 Å². The van der Waals surface area contributed by atoms with E-state index in [4.69, 9.17) is 9.47 Å². The number of hydrogen-bond acceptors (Lipinski definition) is 6. The van der Waals surface area contributed by atoms with Gasteiger partial charge in [0, 0.05) is 23.5 Å². The van der Waals surface area contributed by atoms with Crippen molar-refractivity contribution < 1.29 is 29.3 Å². The van der Waals surface area contributed by atoms with Gasteiger partial charge in [0.1, 0.15) is 23.7 Å². The van der Waals surface area contributed by atoms with E-state index in [0.717, 1.165) is 0 Å². The maximum absolute atomic E-state index is 11.5. The molecular formula is C12H11O6-. The number of rotatable bonds is 3. The van der Waals surface area contributed by atoms with Gasteiger partial charge in [-0.2, -0.15) is 0 Å². The molecule has 0 saturated heterocycles. The average molecular weight is 251 g/mol. The highest BCUT2D eigenvalue weighted by molar-refractivity contribution is 5.98. The van der Waals surface area contributed by atoms with Crippen molar-refractivity contribution in [3.8, 4) is 11.5 Å². The molecule has 0 saturated carbocycles. The first-order valence-electron chi connectivity index (χ1n) is 5.25. The minimum Gasteiger partial charge on any atom is -0.550 e. The molecule has 1 aliphatic heterocycles. The Hall–Kier alpha value is -2.24. The average Bonchev–Trinajstić information content (AvgIpc) is 2.68. The molecule has 0 fully saturated rings. The number of hydrogen-bond donors (Lipinski definition) is 1. The minimum atomic E-state index is -1.37. The monoisotopic (exact) mass is 251 g/mol. The van der Waals surface area contributed by atoms with Crippen LogP contribution in [0.4, 0.5) is 0 Å². The Morgan fingerprint density at radius 3 is 2.78 bits per heavy atom. The van der Waals surface area contributed by atoms with Crippen molar-refractivity contribution in [3.05, 3.63) is 22.3 Å². The van der Waals surface area contributed by atoms with Crippen molar-refractivity contribution in [2.24, 2.45) is 0 Å². The molecule has 96 valence electrons. The van der Waals surface area contributed by atoms with Crippen LogP contribution >= 0.6 is 0 Å². The van der Waals surface area contributed by atoms with E-state index in [9.17, 15) is 19.8 Å². The first-order chi connectivity index (χ1) is 8.47. The summed E-state index contributed by atoms with van der Waals surface area (Å²) in [6.45, 7) is 1.73. The lowest BCUT2D eigenvalue weighted by atomic mass is 9.95. The number of fused-ring (bicyclic) bond motifs is 1. The van der Waals surface area contributed by atoms with Gasteiger partial charge in [0.2, 0.25) is 0 Å². The van der Waals surface area contributed by atoms with Gasteiger partial charge in [-0.3, -0.25) is 0 Å². The van der Waals surface area contributed by atoms with Crippen LogP contribution in [0.15, 0.2) is 0 Å². The molecule has 18 heavy (non-hydrogen) atoms. The molecular weight excluding hydrogens is 240 g/mol. The van der Waals surface area contributed by atoms with Gasteiger partial charge >= 0.3 is 5.97 Å². The Labute approximate surface area is 103 Å².